The molecule has 1 atom stereocenters. The summed E-state index contributed by atoms with van der Waals surface area (Å²) >= 11 is 0. The van der Waals surface area contributed by atoms with Gasteiger partial charge in [-0.3, -0.25) is 4.40 Å². The van der Waals surface area contributed by atoms with Crippen LogP contribution in [0.2, 0.25) is 0 Å². The van der Waals surface area contributed by atoms with E-state index in [2.05, 4.69) is 38.0 Å². The van der Waals surface area contributed by atoms with Crippen molar-refractivity contribution in [1.82, 2.24) is 19.4 Å². The van der Waals surface area contributed by atoms with Gasteiger partial charge in [0.25, 0.3) is 0 Å². The van der Waals surface area contributed by atoms with Crippen molar-refractivity contribution in [1.29, 1.82) is 0 Å². The number of anilines is 1. The van der Waals surface area contributed by atoms with Gasteiger partial charge in [0.2, 0.25) is 5.95 Å². The molecule has 0 bridgehead atoms. The fraction of sp³-hybridized carbons (Fsp3) is 0.292. The minimum atomic E-state index is -0.304. The van der Waals surface area contributed by atoms with Gasteiger partial charge in [-0.2, -0.15) is 0 Å². The number of nitrogens with zero attached hydrogens (tertiary/aromatic N) is 4. The Hall–Kier alpha value is -3.32. The van der Waals surface area contributed by atoms with Gasteiger partial charge in [-0.1, -0.05) is 20.8 Å². The summed E-state index contributed by atoms with van der Waals surface area (Å²) in [5.74, 6) is 0.230. The lowest BCUT2D eigenvalue weighted by Crippen LogP contribution is -2.31. The monoisotopic (exact) mass is 419 g/mol. The number of halogens is 1. The Morgan fingerprint density at radius 3 is 2.52 bits per heavy atom. The van der Waals surface area contributed by atoms with Crippen LogP contribution in [0.25, 0.3) is 28.3 Å². The molecule has 4 aromatic rings. The summed E-state index contributed by atoms with van der Waals surface area (Å²) in [6.07, 6.45) is 3.58. The van der Waals surface area contributed by atoms with E-state index in [9.17, 15) is 9.50 Å². The normalized spacial score (nSPS) is 12.8. The lowest BCUT2D eigenvalue weighted by Gasteiger charge is -2.28. The molecule has 3 heterocycles. The van der Waals surface area contributed by atoms with E-state index in [-0.39, 0.29) is 23.9 Å². The Bertz CT molecular complexity index is 1210. The van der Waals surface area contributed by atoms with Crippen molar-refractivity contribution in [3.05, 3.63) is 66.2 Å². The second-order valence-corrected chi connectivity index (χ2v) is 8.73. The average molecular weight is 420 g/mol. The standard InChI is InChI=1S/C24H26FN5O/c1-15(24(2,3)4)27-23-26-11-9-19(28-23)22-21(17-5-7-18(25)8-6-17)29-20-13-16(14-31)10-12-30(20)22/h5-13,15,31H,14H2,1-4H3,(H,26,27,28)/t15-/m1/s1. The van der Waals surface area contributed by atoms with Crippen LogP contribution in [-0.2, 0) is 6.61 Å². The van der Waals surface area contributed by atoms with Gasteiger partial charge in [0.15, 0.2) is 0 Å². The first-order valence-corrected chi connectivity index (χ1v) is 10.2. The molecule has 0 aliphatic rings. The van der Waals surface area contributed by atoms with E-state index in [1.54, 1.807) is 18.3 Å². The summed E-state index contributed by atoms with van der Waals surface area (Å²) in [6.45, 7) is 8.50. The second kappa shape index (κ2) is 8.07. The molecule has 0 aliphatic heterocycles. The molecule has 0 radical (unpaired) electrons. The first-order chi connectivity index (χ1) is 14.8. The highest BCUT2D eigenvalue weighted by atomic mass is 19.1. The third-order valence-electron chi connectivity index (χ3n) is 5.53. The molecule has 160 valence electrons. The number of fused-ring (bicyclic) bond motifs is 1. The molecule has 0 aliphatic carbocycles. The zero-order valence-electron chi connectivity index (χ0n) is 18.1. The largest absolute Gasteiger partial charge is 0.392 e. The van der Waals surface area contributed by atoms with Crippen LogP contribution in [0.3, 0.4) is 0 Å². The van der Waals surface area contributed by atoms with Crippen LogP contribution in [0.5, 0.6) is 0 Å². The van der Waals surface area contributed by atoms with Crippen LogP contribution >= 0.6 is 0 Å². The number of imidazole rings is 1. The van der Waals surface area contributed by atoms with Crippen molar-refractivity contribution in [3.63, 3.8) is 0 Å². The lowest BCUT2D eigenvalue weighted by atomic mass is 9.88. The van der Waals surface area contributed by atoms with Gasteiger partial charge in [-0.05, 0) is 60.4 Å². The van der Waals surface area contributed by atoms with E-state index in [0.717, 1.165) is 16.8 Å². The maximum Gasteiger partial charge on any atom is 0.223 e. The van der Waals surface area contributed by atoms with Gasteiger partial charge >= 0.3 is 0 Å². The van der Waals surface area contributed by atoms with Gasteiger partial charge < -0.3 is 10.4 Å². The van der Waals surface area contributed by atoms with E-state index < -0.39 is 0 Å². The molecule has 7 heteroatoms. The minimum absolute atomic E-state index is 0.0443. The van der Waals surface area contributed by atoms with Crippen molar-refractivity contribution in [3.8, 4) is 22.6 Å². The van der Waals surface area contributed by atoms with Crippen LogP contribution in [0.15, 0.2) is 54.9 Å². The van der Waals surface area contributed by atoms with Gasteiger partial charge in [0, 0.05) is 24.0 Å². The molecule has 0 fully saturated rings. The average Bonchev–Trinajstić information content (AvgIpc) is 3.12. The van der Waals surface area contributed by atoms with E-state index >= 15 is 0 Å². The number of aliphatic hydroxyl groups is 1. The number of aromatic nitrogens is 4. The molecule has 3 aromatic heterocycles. The first kappa shape index (κ1) is 20.9. The van der Waals surface area contributed by atoms with E-state index in [0.29, 0.717) is 23.0 Å². The fourth-order valence-corrected chi connectivity index (χ4v) is 3.21. The summed E-state index contributed by atoms with van der Waals surface area (Å²) in [5, 5.41) is 12.9. The van der Waals surface area contributed by atoms with Gasteiger partial charge in [0.1, 0.15) is 11.5 Å². The topological polar surface area (TPSA) is 75.3 Å². The van der Waals surface area contributed by atoms with Crippen LogP contribution in [-0.4, -0.2) is 30.5 Å². The Morgan fingerprint density at radius 2 is 1.84 bits per heavy atom. The Kier molecular flexibility index (Phi) is 5.45. The van der Waals surface area contributed by atoms with E-state index in [4.69, 9.17) is 9.97 Å². The number of rotatable bonds is 5. The van der Waals surface area contributed by atoms with Crippen molar-refractivity contribution >= 4 is 11.6 Å². The van der Waals surface area contributed by atoms with Crippen molar-refractivity contribution in [2.24, 2.45) is 5.41 Å². The second-order valence-electron chi connectivity index (χ2n) is 8.73. The number of nitrogens with one attached hydrogen (secondary N) is 1. The molecule has 0 spiro atoms. The lowest BCUT2D eigenvalue weighted by molar-refractivity contribution is 0.282. The predicted octanol–water partition coefficient (Wildman–Crippen LogP) is 4.94. The Balaban J connectivity index is 1.87. The van der Waals surface area contributed by atoms with Gasteiger partial charge in [-0.25, -0.2) is 19.3 Å². The molecule has 6 nitrogen and oxygen atoms in total. The molecule has 1 aromatic carbocycles. The van der Waals surface area contributed by atoms with Crippen molar-refractivity contribution in [2.45, 2.75) is 40.3 Å². The minimum Gasteiger partial charge on any atom is -0.392 e. The Labute approximate surface area is 180 Å². The summed E-state index contributed by atoms with van der Waals surface area (Å²) < 4.78 is 15.4. The predicted molar refractivity (Wildman–Crippen MR) is 120 cm³/mol. The molecule has 0 saturated heterocycles. The molecule has 2 N–H and O–H groups in total. The molecular formula is C24H26FN5O. The number of pyridine rings is 1. The third kappa shape index (κ3) is 4.27. The molecule has 0 unspecified atom stereocenters. The van der Waals surface area contributed by atoms with Crippen LogP contribution in [0.4, 0.5) is 10.3 Å². The van der Waals surface area contributed by atoms with Gasteiger partial charge in [-0.15, -0.1) is 0 Å². The van der Waals surface area contributed by atoms with E-state index in [1.165, 1.54) is 12.1 Å². The van der Waals surface area contributed by atoms with Crippen molar-refractivity contribution in [2.75, 3.05) is 5.32 Å². The highest BCUT2D eigenvalue weighted by Gasteiger charge is 2.22. The quantitative estimate of drug-likeness (QED) is 0.479. The smallest absolute Gasteiger partial charge is 0.223 e. The molecule has 0 saturated carbocycles. The third-order valence-corrected chi connectivity index (χ3v) is 5.53. The number of hydrogen-bond donors (Lipinski definition) is 2. The summed E-state index contributed by atoms with van der Waals surface area (Å²) in [6, 6.07) is 11.9. The number of aliphatic hydroxyl groups excluding tert-OH is 1. The molecule has 4 rings (SSSR count). The highest BCUT2D eigenvalue weighted by Crippen LogP contribution is 2.33. The molecule has 0 amide bonds. The number of benzene rings is 1. The van der Waals surface area contributed by atoms with Gasteiger partial charge in [0.05, 0.1) is 23.7 Å². The van der Waals surface area contributed by atoms with Crippen LogP contribution < -0.4 is 5.32 Å². The summed E-state index contributed by atoms with van der Waals surface area (Å²) in [7, 11) is 0. The molecular weight excluding hydrogens is 393 g/mol. The highest BCUT2D eigenvalue weighted by molar-refractivity contribution is 5.80. The summed E-state index contributed by atoms with van der Waals surface area (Å²) in [4.78, 5) is 13.9. The first-order valence-electron chi connectivity index (χ1n) is 10.2. The number of hydrogen-bond acceptors (Lipinski definition) is 5. The zero-order valence-corrected chi connectivity index (χ0v) is 18.1. The zero-order chi connectivity index (χ0) is 22.2. The fourth-order valence-electron chi connectivity index (χ4n) is 3.21. The summed E-state index contributed by atoms with van der Waals surface area (Å²) in [5.41, 5.74) is 4.42. The SMILES string of the molecule is C[C@@H](Nc1nccc(-c2c(-c3ccc(F)cc3)nc3cc(CO)ccn23)n1)C(C)(C)C. The molecule has 31 heavy (non-hydrogen) atoms. The van der Waals surface area contributed by atoms with Crippen LogP contribution in [0.1, 0.15) is 33.3 Å². The maximum atomic E-state index is 13.5. The van der Waals surface area contributed by atoms with Crippen molar-refractivity contribution < 1.29 is 9.50 Å². The van der Waals surface area contributed by atoms with E-state index in [1.807, 2.05) is 28.8 Å². The Morgan fingerprint density at radius 1 is 1.10 bits per heavy atom. The van der Waals surface area contributed by atoms with Crippen LogP contribution in [0, 0.1) is 11.2 Å². The maximum absolute atomic E-state index is 13.5.